The van der Waals surface area contributed by atoms with Crippen LogP contribution in [0.5, 0.6) is 5.75 Å². The molecular formula is C15H16O3S. The number of carbonyl (C=O) groups is 1. The number of aryl methyl sites for hydroxylation is 2. The fourth-order valence-electron chi connectivity index (χ4n) is 2.04. The van der Waals surface area contributed by atoms with Gasteiger partial charge in [-0.2, -0.15) is 0 Å². The molecule has 1 aromatic carbocycles. The van der Waals surface area contributed by atoms with Crippen molar-refractivity contribution in [3.8, 4) is 16.9 Å². The number of methoxy groups -OCH3 is 1. The zero-order valence-corrected chi connectivity index (χ0v) is 12.0. The Kier molecular flexibility index (Phi) is 3.90. The van der Waals surface area contributed by atoms with E-state index in [1.807, 2.05) is 19.1 Å². The standard InChI is InChI=1S/C15H16O3S/c1-4-10-5-6-13(18-3)12(7-10)11-8-14(15(16)17)19-9(11)2/h5-8H,4H2,1-3H3,(H,16,17). The molecule has 0 bridgehead atoms. The fourth-order valence-corrected chi connectivity index (χ4v) is 2.91. The van der Waals surface area contributed by atoms with Crippen molar-refractivity contribution in [3.63, 3.8) is 0 Å². The second kappa shape index (κ2) is 5.45. The molecule has 1 N–H and O–H groups in total. The fraction of sp³-hybridized carbons (Fsp3) is 0.267. The molecule has 0 radical (unpaired) electrons. The highest BCUT2D eigenvalue weighted by molar-refractivity contribution is 7.14. The van der Waals surface area contributed by atoms with Gasteiger partial charge in [-0.3, -0.25) is 0 Å². The lowest BCUT2D eigenvalue weighted by atomic mass is 10.0. The molecule has 1 heterocycles. The molecule has 100 valence electrons. The Labute approximate surface area is 116 Å². The summed E-state index contributed by atoms with van der Waals surface area (Å²) in [5.74, 6) is -0.111. The Bertz CT molecular complexity index is 614. The molecule has 19 heavy (non-hydrogen) atoms. The Morgan fingerprint density at radius 2 is 2.05 bits per heavy atom. The van der Waals surface area contributed by atoms with Crippen molar-refractivity contribution in [1.82, 2.24) is 0 Å². The molecule has 1 aromatic heterocycles. The van der Waals surface area contributed by atoms with Crippen molar-refractivity contribution in [3.05, 3.63) is 39.6 Å². The van der Waals surface area contributed by atoms with Gasteiger partial charge < -0.3 is 9.84 Å². The topological polar surface area (TPSA) is 46.5 Å². The predicted molar refractivity (Wildman–Crippen MR) is 77.4 cm³/mol. The van der Waals surface area contributed by atoms with Gasteiger partial charge in [-0.05, 0) is 42.7 Å². The number of hydrogen-bond acceptors (Lipinski definition) is 3. The predicted octanol–water partition coefficient (Wildman–Crippen LogP) is 3.99. The van der Waals surface area contributed by atoms with E-state index in [-0.39, 0.29) is 0 Å². The van der Waals surface area contributed by atoms with Crippen LogP contribution in [-0.2, 0) is 6.42 Å². The Balaban J connectivity index is 2.59. The van der Waals surface area contributed by atoms with Crippen LogP contribution in [0, 0.1) is 6.92 Å². The molecule has 4 heteroatoms. The highest BCUT2D eigenvalue weighted by Gasteiger charge is 2.15. The number of aromatic carboxylic acids is 1. The molecule has 0 saturated carbocycles. The average molecular weight is 276 g/mol. The van der Waals surface area contributed by atoms with Gasteiger partial charge in [0.25, 0.3) is 0 Å². The first-order chi connectivity index (χ1) is 9.06. The van der Waals surface area contributed by atoms with Crippen molar-refractivity contribution in [1.29, 1.82) is 0 Å². The van der Waals surface area contributed by atoms with Gasteiger partial charge in [0.1, 0.15) is 10.6 Å². The quantitative estimate of drug-likeness (QED) is 0.918. The third-order valence-electron chi connectivity index (χ3n) is 3.09. The van der Waals surface area contributed by atoms with E-state index in [1.54, 1.807) is 13.2 Å². The summed E-state index contributed by atoms with van der Waals surface area (Å²) in [6.45, 7) is 4.03. The maximum atomic E-state index is 11.1. The summed E-state index contributed by atoms with van der Waals surface area (Å²) in [5, 5.41) is 9.08. The molecule has 2 aromatic rings. The first kappa shape index (κ1) is 13.6. The van der Waals surface area contributed by atoms with Crippen LogP contribution in [-0.4, -0.2) is 18.2 Å². The molecule has 0 spiro atoms. The Morgan fingerprint density at radius 1 is 1.32 bits per heavy atom. The molecule has 2 rings (SSSR count). The summed E-state index contributed by atoms with van der Waals surface area (Å²) >= 11 is 1.29. The maximum Gasteiger partial charge on any atom is 0.345 e. The minimum Gasteiger partial charge on any atom is -0.496 e. The summed E-state index contributed by atoms with van der Waals surface area (Å²) in [7, 11) is 1.63. The van der Waals surface area contributed by atoms with Crippen LogP contribution >= 0.6 is 11.3 Å². The first-order valence-corrected chi connectivity index (χ1v) is 6.89. The van der Waals surface area contributed by atoms with E-state index in [0.29, 0.717) is 4.88 Å². The van der Waals surface area contributed by atoms with Crippen LogP contribution in [0.1, 0.15) is 27.0 Å². The molecule has 0 saturated heterocycles. The molecular weight excluding hydrogens is 260 g/mol. The molecule has 0 aliphatic carbocycles. The zero-order chi connectivity index (χ0) is 14.0. The maximum absolute atomic E-state index is 11.1. The van der Waals surface area contributed by atoms with Crippen LogP contribution in [0.4, 0.5) is 0 Å². The van der Waals surface area contributed by atoms with Crippen molar-refractivity contribution >= 4 is 17.3 Å². The number of carboxylic acids is 1. The molecule has 0 aliphatic rings. The lowest BCUT2D eigenvalue weighted by Crippen LogP contribution is -1.92. The van der Waals surface area contributed by atoms with Gasteiger partial charge >= 0.3 is 5.97 Å². The Hall–Kier alpha value is -1.81. The lowest BCUT2D eigenvalue weighted by Gasteiger charge is -2.10. The van der Waals surface area contributed by atoms with E-state index in [9.17, 15) is 4.79 Å². The van der Waals surface area contributed by atoms with Crippen molar-refractivity contribution in [2.75, 3.05) is 7.11 Å². The molecule has 3 nitrogen and oxygen atoms in total. The normalized spacial score (nSPS) is 10.5. The van der Waals surface area contributed by atoms with Gasteiger partial charge in [0.2, 0.25) is 0 Å². The highest BCUT2D eigenvalue weighted by Crippen LogP contribution is 2.37. The van der Waals surface area contributed by atoms with E-state index in [2.05, 4.69) is 13.0 Å². The summed E-state index contributed by atoms with van der Waals surface area (Å²) in [4.78, 5) is 12.4. The molecule has 0 fully saturated rings. The van der Waals surface area contributed by atoms with Crippen LogP contribution < -0.4 is 4.74 Å². The number of benzene rings is 1. The summed E-state index contributed by atoms with van der Waals surface area (Å²) in [5.41, 5.74) is 3.11. The van der Waals surface area contributed by atoms with Crippen molar-refractivity contribution in [2.24, 2.45) is 0 Å². The first-order valence-electron chi connectivity index (χ1n) is 6.07. The van der Waals surface area contributed by atoms with E-state index < -0.39 is 5.97 Å². The van der Waals surface area contributed by atoms with Crippen LogP contribution in [0.3, 0.4) is 0 Å². The second-order valence-corrected chi connectivity index (χ2v) is 5.53. The van der Waals surface area contributed by atoms with E-state index in [4.69, 9.17) is 9.84 Å². The zero-order valence-electron chi connectivity index (χ0n) is 11.2. The second-order valence-electron chi connectivity index (χ2n) is 4.27. The van der Waals surface area contributed by atoms with E-state index >= 15 is 0 Å². The molecule has 0 amide bonds. The highest BCUT2D eigenvalue weighted by atomic mass is 32.1. The van der Waals surface area contributed by atoms with Crippen LogP contribution in [0.2, 0.25) is 0 Å². The summed E-state index contributed by atoms with van der Waals surface area (Å²) in [6, 6.07) is 7.76. The molecule has 0 atom stereocenters. The van der Waals surface area contributed by atoms with Crippen molar-refractivity contribution < 1.29 is 14.6 Å². The van der Waals surface area contributed by atoms with Crippen LogP contribution in [0.15, 0.2) is 24.3 Å². The van der Waals surface area contributed by atoms with Gasteiger partial charge in [-0.1, -0.05) is 13.0 Å². The van der Waals surface area contributed by atoms with Crippen LogP contribution in [0.25, 0.3) is 11.1 Å². The number of ether oxygens (including phenoxy) is 1. The summed E-state index contributed by atoms with van der Waals surface area (Å²) in [6.07, 6.45) is 0.936. The monoisotopic (exact) mass is 276 g/mol. The minimum atomic E-state index is -0.884. The SMILES string of the molecule is CCc1ccc(OC)c(-c2cc(C(=O)O)sc2C)c1. The molecule has 0 unspecified atom stereocenters. The van der Waals surface area contributed by atoms with Gasteiger partial charge in [0, 0.05) is 10.4 Å². The number of rotatable bonds is 4. The van der Waals surface area contributed by atoms with E-state index in [1.165, 1.54) is 16.9 Å². The number of thiophene rings is 1. The van der Waals surface area contributed by atoms with E-state index in [0.717, 1.165) is 28.2 Å². The van der Waals surface area contributed by atoms with Gasteiger partial charge in [-0.25, -0.2) is 4.79 Å². The Morgan fingerprint density at radius 3 is 2.58 bits per heavy atom. The lowest BCUT2D eigenvalue weighted by molar-refractivity contribution is 0.0702. The molecule has 0 aliphatic heterocycles. The van der Waals surface area contributed by atoms with Gasteiger partial charge in [-0.15, -0.1) is 11.3 Å². The third-order valence-corrected chi connectivity index (χ3v) is 4.13. The van der Waals surface area contributed by atoms with Gasteiger partial charge in [0.05, 0.1) is 7.11 Å². The van der Waals surface area contributed by atoms with Gasteiger partial charge in [0.15, 0.2) is 0 Å². The van der Waals surface area contributed by atoms with Crippen molar-refractivity contribution in [2.45, 2.75) is 20.3 Å². The largest absolute Gasteiger partial charge is 0.496 e. The number of carboxylic acid groups (broad SMARTS) is 1. The number of hydrogen-bond donors (Lipinski definition) is 1. The summed E-state index contributed by atoms with van der Waals surface area (Å²) < 4.78 is 5.38. The smallest absolute Gasteiger partial charge is 0.345 e. The average Bonchev–Trinajstić information content (AvgIpc) is 2.80. The third kappa shape index (κ3) is 2.63. The minimum absolute atomic E-state index is 0.358.